The van der Waals surface area contributed by atoms with Gasteiger partial charge in [-0.15, -0.1) is 0 Å². The van der Waals surface area contributed by atoms with Crippen molar-refractivity contribution in [2.45, 2.75) is 328 Å². The first-order valence-electron chi connectivity index (χ1n) is 30.6. The molecular formula is C57H114Al2N6. The number of hydrogen-bond donors (Lipinski definition) is 0. The van der Waals surface area contributed by atoms with E-state index in [9.17, 15) is 0 Å². The molecule has 0 saturated heterocycles. The predicted molar refractivity (Wildman–Crippen MR) is 289 cm³/mol. The Balaban J connectivity index is 0.000000245. The van der Waals surface area contributed by atoms with Crippen molar-refractivity contribution in [1.82, 2.24) is 23.3 Å². The van der Waals surface area contributed by atoms with Crippen LogP contribution in [0, 0.1) is 0 Å². The van der Waals surface area contributed by atoms with Gasteiger partial charge in [0.25, 0.3) is 0 Å². The summed E-state index contributed by atoms with van der Waals surface area (Å²) in [5.74, 6) is 0. The van der Waals surface area contributed by atoms with Gasteiger partial charge < -0.3 is 23.3 Å². The molecule has 6 saturated carbocycles. The van der Waals surface area contributed by atoms with E-state index in [-0.39, 0.29) is 0 Å². The highest BCUT2D eigenvalue weighted by molar-refractivity contribution is 6.50. The molecule has 0 atom stereocenters. The van der Waals surface area contributed by atoms with E-state index >= 15 is 0 Å². The summed E-state index contributed by atoms with van der Waals surface area (Å²) < 4.78 is 19.3. The van der Waals surface area contributed by atoms with Crippen LogP contribution in [0.2, 0.25) is 0 Å². The molecule has 6 aliphatic rings. The molecule has 378 valence electrons. The lowest BCUT2D eigenvalue weighted by atomic mass is 9.95. The minimum atomic E-state index is -1.39. The van der Waals surface area contributed by atoms with Crippen LogP contribution in [0.1, 0.15) is 292 Å². The van der Waals surface area contributed by atoms with E-state index in [1.165, 1.54) is 290 Å². The SMILES string of the molecule is CCCC[N](C1CCCCC1)[Al]([N](CCCC)C1CCCCC1)[N](CCCC)C1CCCCC1.CCC[N](C1CCCCC1)[Al]([N](CCC)C1CCCCC1)[N](CCC)C1CCCCC1. The maximum absolute atomic E-state index is 3.25. The maximum atomic E-state index is 3.25. The average molecular weight is 938 g/mol. The second kappa shape index (κ2) is 34.2. The van der Waals surface area contributed by atoms with Crippen molar-refractivity contribution >= 4 is 29.6 Å². The van der Waals surface area contributed by atoms with E-state index in [2.05, 4.69) is 64.8 Å². The zero-order chi connectivity index (χ0) is 45.9. The number of rotatable bonds is 27. The van der Waals surface area contributed by atoms with Gasteiger partial charge in [-0.3, -0.25) is 0 Å². The number of unbranched alkanes of at least 4 members (excludes halogenated alkanes) is 3. The Kier molecular flexibility index (Phi) is 29.9. The van der Waals surface area contributed by atoms with Gasteiger partial charge in [-0.25, -0.2) is 0 Å². The minimum absolute atomic E-state index is 0.872. The third kappa shape index (κ3) is 18.4. The van der Waals surface area contributed by atoms with E-state index in [1.807, 2.05) is 0 Å². The predicted octanol–water partition coefficient (Wildman–Crippen LogP) is 15.4. The second-order valence-corrected chi connectivity index (χ2v) is 28.3. The molecule has 0 aromatic heterocycles. The number of hydrogen-bond acceptors (Lipinski definition) is 6. The zero-order valence-corrected chi connectivity index (χ0v) is 47.4. The van der Waals surface area contributed by atoms with Gasteiger partial charge in [0.1, 0.15) is 0 Å². The molecule has 8 heteroatoms. The molecule has 0 heterocycles. The Bertz CT molecular complexity index is 989. The second-order valence-electron chi connectivity index (χ2n) is 22.9. The summed E-state index contributed by atoms with van der Waals surface area (Å²) in [4.78, 5) is 0. The first kappa shape index (κ1) is 56.7. The van der Waals surface area contributed by atoms with Crippen molar-refractivity contribution in [1.29, 1.82) is 0 Å². The molecule has 0 radical (unpaired) electrons. The van der Waals surface area contributed by atoms with Crippen LogP contribution in [0.5, 0.6) is 0 Å². The monoisotopic (exact) mass is 937 g/mol. The summed E-state index contributed by atoms with van der Waals surface area (Å²) in [5, 5.41) is 0. The normalized spacial score (nSPS) is 22.2. The smallest absolute Gasteiger partial charge is 0.354 e. The summed E-state index contributed by atoms with van der Waals surface area (Å²) in [6.45, 7) is 22.8. The van der Waals surface area contributed by atoms with Crippen LogP contribution < -0.4 is 0 Å². The Labute approximate surface area is 418 Å². The largest absolute Gasteiger partial charge is 0.609 e. The van der Waals surface area contributed by atoms with E-state index in [0.29, 0.717) is 0 Å². The van der Waals surface area contributed by atoms with Crippen molar-refractivity contribution in [2.75, 3.05) is 39.3 Å². The molecule has 0 aromatic rings. The molecule has 0 N–H and O–H groups in total. The van der Waals surface area contributed by atoms with Gasteiger partial charge in [0.15, 0.2) is 0 Å². The van der Waals surface area contributed by atoms with Crippen LogP contribution in [0.25, 0.3) is 0 Å². The summed E-state index contributed by atoms with van der Waals surface area (Å²) in [5.41, 5.74) is 0. The first-order valence-corrected chi connectivity index (χ1v) is 33.7. The lowest BCUT2D eigenvalue weighted by Crippen LogP contribution is -2.70. The molecule has 65 heavy (non-hydrogen) atoms. The summed E-state index contributed by atoms with van der Waals surface area (Å²) in [6, 6.07) is 5.23. The molecular weight excluding hydrogens is 823 g/mol. The molecule has 0 aliphatic heterocycles. The van der Waals surface area contributed by atoms with Crippen LogP contribution in [0.15, 0.2) is 0 Å². The molecule has 6 rings (SSSR count). The highest BCUT2D eigenvalue weighted by atomic mass is 27.2. The van der Waals surface area contributed by atoms with Crippen molar-refractivity contribution in [3.05, 3.63) is 0 Å². The van der Waals surface area contributed by atoms with Crippen LogP contribution in [-0.2, 0) is 0 Å². The number of nitrogens with zero attached hydrogens (tertiary/aromatic N) is 6. The quantitative estimate of drug-likeness (QED) is 0.0759. The lowest BCUT2D eigenvalue weighted by molar-refractivity contribution is 0.132. The van der Waals surface area contributed by atoms with Gasteiger partial charge in [-0.1, -0.05) is 176 Å². The molecule has 0 aromatic carbocycles. The van der Waals surface area contributed by atoms with Crippen molar-refractivity contribution in [3.8, 4) is 0 Å². The van der Waals surface area contributed by atoms with Crippen LogP contribution in [-0.4, -0.2) is 128 Å². The third-order valence-electron chi connectivity index (χ3n) is 17.8. The molecule has 6 aliphatic carbocycles. The molecule has 0 bridgehead atoms. The third-order valence-corrected chi connectivity index (χ3v) is 25.4. The topological polar surface area (TPSA) is 19.4 Å². The van der Waals surface area contributed by atoms with E-state index < -0.39 is 29.6 Å². The Morgan fingerprint density at radius 2 is 0.400 bits per heavy atom. The van der Waals surface area contributed by atoms with Gasteiger partial charge in [0.2, 0.25) is 0 Å². The Morgan fingerprint density at radius 3 is 0.554 bits per heavy atom. The maximum Gasteiger partial charge on any atom is 0.609 e. The van der Waals surface area contributed by atoms with Crippen molar-refractivity contribution in [3.63, 3.8) is 0 Å². The molecule has 0 amide bonds. The summed E-state index contributed by atoms with van der Waals surface area (Å²) in [7, 11) is 0. The molecule has 6 fully saturated rings. The van der Waals surface area contributed by atoms with Crippen LogP contribution >= 0.6 is 0 Å². The fourth-order valence-electron chi connectivity index (χ4n) is 14.3. The van der Waals surface area contributed by atoms with Gasteiger partial charge in [-0.05, 0) is 191 Å². The van der Waals surface area contributed by atoms with Crippen LogP contribution in [0.3, 0.4) is 0 Å². The van der Waals surface area contributed by atoms with Crippen LogP contribution in [0.4, 0.5) is 0 Å². The summed E-state index contributed by atoms with van der Waals surface area (Å²) in [6.07, 6.45) is 56.5. The minimum Gasteiger partial charge on any atom is -0.354 e. The van der Waals surface area contributed by atoms with Gasteiger partial charge in [-0.2, -0.15) is 0 Å². The van der Waals surface area contributed by atoms with E-state index in [0.717, 1.165) is 36.3 Å². The van der Waals surface area contributed by atoms with E-state index in [1.54, 1.807) is 0 Å². The summed E-state index contributed by atoms with van der Waals surface area (Å²) >= 11 is -2.74. The highest BCUT2D eigenvalue weighted by Crippen LogP contribution is 2.35. The first-order chi connectivity index (χ1) is 32.1. The van der Waals surface area contributed by atoms with Gasteiger partial charge in [0.05, 0.1) is 0 Å². The average Bonchev–Trinajstić information content (AvgIpc) is 3.37. The highest BCUT2D eigenvalue weighted by Gasteiger charge is 2.50. The fourth-order valence-corrected chi connectivity index (χ4v) is 23.4. The van der Waals surface area contributed by atoms with Gasteiger partial charge >= 0.3 is 29.6 Å². The molecule has 0 unspecified atom stereocenters. The van der Waals surface area contributed by atoms with Crippen molar-refractivity contribution < 1.29 is 0 Å². The Morgan fingerprint density at radius 1 is 0.231 bits per heavy atom. The standard InChI is InChI=1S/3C10H20N.3C9H18N.2Al/c3*1-2-3-9-11-10-7-5-4-6-8-10;3*1-2-8-10-9-6-4-3-5-7-9;;/h3*10H,2-9H2,1H3;3*9H,2-8H2,1H3;;/q6*-1;2*+3. The molecule has 6 nitrogen and oxygen atoms in total. The Hall–Kier alpha value is 0.825. The van der Waals surface area contributed by atoms with E-state index in [4.69, 9.17) is 0 Å². The van der Waals surface area contributed by atoms with Crippen molar-refractivity contribution in [2.24, 2.45) is 0 Å². The lowest BCUT2D eigenvalue weighted by Gasteiger charge is -2.51. The zero-order valence-electron chi connectivity index (χ0n) is 45.1. The fraction of sp³-hybridized carbons (Fsp3) is 1.00. The molecule has 0 spiro atoms. The van der Waals surface area contributed by atoms with Gasteiger partial charge in [0, 0.05) is 0 Å².